The maximum atomic E-state index is 4.95. The first-order valence-electron chi connectivity index (χ1n) is 5.92. The van der Waals surface area contributed by atoms with Crippen molar-refractivity contribution >= 4 is 11.8 Å². The van der Waals surface area contributed by atoms with Crippen molar-refractivity contribution in [1.29, 1.82) is 0 Å². The SMILES string of the molecule is COCCNCc1ncn(CCSC(C)C)n1. The van der Waals surface area contributed by atoms with Crippen molar-refractivity contribution in [3.63, 3.8) is 0 Å². The Morgan fingerprint density at radius 1 is 1.53 bits per heavy atom. The number of aryl methyl sites for hydroxylation is 1. The van der Waals surface area contributed by atoms with E-state index in [-0.39, 0.29) is 0 Å². The number of thioether (sulfide) groups is 1. The quantitative estimate of drug-likeness (QED) is 0.674. The molecule has 98 valence electrons. The molecule has 1 aromatic heterocycles. The molecule has 1 N–H and O–H groups in total. The number of aromatic nitrogens is 3. The van der Waals surface area contributed by atoms with Crippen LogP contribution in [-0.4, -0.2) is 46.0 Å². The van der Waals surface area contributed by atoms with Crippen molar-refractivity contribution in [2.45, 2.75) is 32.2 Å². The summed E-state index contributed by atoms with van der Waals surface area (Å²) in [6.07, 6.45) is 1.80. The van der Waals surface area contributed by atoms with Gasteiger partial charge in [0.2, 0.25) is 0 Å². The third-order valence-corrected chi connectivity index (χ3v) is 3.21. The molecular weight excluding hydrogens is 236 g/mol. The molecule has 0 aliphatic rings. The molecule has 5 nitrogen and oxygen atoms in total. The summed E-state index contributed by atoms with van der Waals surface area (Å²) in [5.74, 6) is 1.92. The van der Waals surface area contributed by atoms with Crippen LogP contribution in [0.3, 0.4) is 0 Å². The van der Waals surface area contributed by atoms with Gasteiger partial charge >= 0.3 is 0 Å². The topological polar surface area (TPSA) is 52.0 Å². The summed E-state index contributed by atoms with van der Waals surface area (Å²) in [6, 6.07) is 0. The highest BCUT2D eigenvalue weighted by Crippen LogP contribution is 2.08. The number of nitrogens with zero attached hydrogens (tertiary/aromatic N) is 3. The molecule has 0 bridgehead atoms. The molecule has 0 fully saturated rings. The van der Waals surface area contributed by atoms with Gasteiger partial charge in [-0.1, -0.05) is 13.8 Å². The summed E-state index contributed by atoms with van der Waals surface area (Å²) >= 11 is 1.94. The second kappa shape index (κ2) is 8.49. The van der Waals surface area contributed by atoms with Crippen LogP contribution in [0.15, 0.2) is 6.33 Å². The molecular formula is C11H22N4OS. The van der Waals surface area contributed by atoms with Crippen molar-refractivity contribution in [2.75, 3.05) is 26.0 Å². The van der Waals surface area contributed by atoms with Gasteiger partial charge in [0, 0.05) is 19.4 Å². The Bertz CT molecular complexity index is 303. The highest BCUT2D eigenvalue weighted by Gasteiger charge is 2.01. The predicted octanol–water partition coefficient (Wildman–Crippen LogP) is 1.16. The van der Waals surface area contributed by atoms with Crippen LogP contribution in [0.4, 0.5) is 0 Å². The molecule has 1 rings (SSSR count). The zero-order chi connectivity index (χ0) is 12.5. The molecule has 6 heteroatoms. The van der Waals surface area contributed by atoms with Gasteiger partial charge in [-0.3, -0.25) is 4.68 Å². The smallest absolute Gasteiger partial charge is 0.164 e. The molecule has 0 aliphatic carbocycles. The van der Waals surface area contributed by atoms with Crippen molar-refractivity contribution in [2.24, 2.45) is 0 Å². The van der Waals surface area contributed by atoms with Gasteiger partial charge in [0.15, 0.2) is 5.82 Å². The van der Waals surface area contributed by atoms with E-state index in [0.717, 1.165) is 24.7 Å². The first kappa shape index (κ1) is 14.5. The van der Waals surface area contributed by atoms with Crippen LogP contribution in [0, 0.1) is 0 Å². The molecule has 0 aliphatic heterocycles. The monoisotopic (exact) mass is 258 g/mol. The Kier molecular flexibility index (Phi) is 7.23. The lowest BCUT2D eigenvalue weighted by molar-refractivity contribution is 0.199. The maximum absolute atomic E-state index is 4.95. The van der Waals surface area contributed by atoms with Gasteiger partial charge < -0.3 is 10.1 Å². The van der Waals surface area contributed by atoms with E-state index in [0.29, 0.717) is 18.4 Å². The molecule has 1 heterocycles. The van der Waals surface area contributed by atoms with Crippen LogP contribution in [0.5, 0.6) is 0 Å². The molecule has 1 aromatic rings. The van der Waals surface area contributed by atoms with Crippen LogP contribution in [0.1, 0.15) is 19.7 Å². The standard InChI is InChI=1S/C11H22N4OS/c1-10(2)17-7-5-15-9-13-11(14-15)8-12-4-6-16-3/h9-10,12H,4-8H2,1-3H3. The van der Waals surface area contributed by atoms with Gasteiger partial charge in [-0.15, -0.1) is 0 Å². The summed E-state index contributed by atoms with van der Waals surface area (Å²) in [6.45, 7) is 7.58. The summed E-state index contributed by atoms with van der Waals surface area (Å²) in [4.78, 5) is 4.25. The van der Waals surface area contributed by atoms with E-state index in [1.165, 1.54) is 0 Å². The normalized spacial score (nSPS) is 11.3. The summed E-state index contributed by atoms with van der Waals surface area (Å²) in [5, 5.41) is 8.29. The molecule has 0 amide bonds. The molecule has 0 saturated heterocycles. The summed E-state index contributed by atoms with van der Waals surface area (Å²) in [5.41, 5.74) is 0. The first-order chi connectivity index (χ1) is 8.22. The number of ether oxygens (including phenoxy) is 1. The fourth-order valence-electron chi connectivity index (χ4n) is 1.28. The van der Waals surface area contributed by atoms with Crippen molar-refractivity contribution < 1.29 is 4.74 Å². The second-order valence-corrected chi connectivity index (χ2v) is 5.70. The van der Waals surface area contributed by atoms with E-state index in [1.807, 2.05) is 16.4 Å². The largest absolute Gasteiger partial charge is 0.383 e. The number of hydrogen-bond donors (Lipinski definition) is 1. The first-order valence-corrected chi connectivity index (χ1v) is 6.97. The Hall–Kier alpha value is -0.590. The summed E-state index contributed by atoms with van der Waals surface area (Å²) < 4.78 is 6.85. The molecule has 0 atom stereocenters. The number of nitrogens with one attached hydrogen (secondary N) is 1. The Balaban J connectivity index is 2.18. The Labute approximate surface area is 107 Å². The van der Waals surface area contributed by atoms with Gasteiger partial charge in [0.1, 0.15) is 6.33 Å². The van der Waals surface area contributed by atoms with Crippen LogP contribution in [0.2, 0.25) is 0 Å². The van der Waals surface area contributed by atoms with Gasteiger partial charge in [-0.25, -0.2) is 4.98 Å². The van der Waals surface area contributed by atoms with E-state index in [9.17, 15) is 0 Å². The van der Waals surface area contributed by atoms with Crippen molar-refractivity contribution in [3.8, 4) is 0 Å². The van der Waals surface area contributed by atoms with Gasteiger partial charge in [0.25, 0.3) is 0 Å². The van der Waals surface area contributed by atoms with E-state index < -0.39 is 0 Å². The van der Waals surface area contributed by atoms with E-state index in [2.05, 4.69) is 29.2 Å². The average molecular weight is 258 g/mol. The molecule has 17 heavy (non-hydrogen) atoms. The van der Waals surface area contributed by atoms with Crippen molar-refractivity contribution in [3.05, 3.63) is 12.2 Å². The maximum Gasteiger partial charge on any atom is 0.164 e. The number of rotatable bonds is 9. The highest BCUT2D eigenvalue weighted by atomic mass is 32.2. The van der Waals surface area contributed by atoms with E-state index >= 15 is 0 Å². The lowest BCUT2D eigenvalue weighted by Crippen LogP contribution is -2.19. The van der Waals surface area contributed by atoms with Gasteiger partial charge in [-0.2, -0.15) is 16.9 Å². The fourth-order valence-corrected chi connectivity index (χ4v) is 2.04. The molecule has 0 unspecified atom stereocenters. The third kappa shape index (κ3) is 6.65. The minimum Gasteiger partial charge on any atom is -0.383 e. The van der Waals surface area contributed by atoms with Gasteiger partial charge in [0.05, 0.1) is 19.7 Å². The molecule has 0 spiro atoms. The third-order valence-electron chi connectivity index (χ3n) is 2.12. The Morgan fingerprint density at radius 3 is 3.06 bits per heavy atom. The average Bonchev–Trinajstić information content (AvgIpc) is 2.72. The minimum atomic E-state index is 0.675. The fraction of sp³-hybridized carbons (Fsp3) is 0.818. The minimum absolute atomic E-state index is 0.675. The van der Waals surface area contributed by atoms with Crippen molar-refractivity contribution in [1.82, 2.24) is 20.1 Å². The van der Waals surface area contributed by atoms with Crippen LogP contribution < -0.4 is 5.32 Å². The number of methoxy groups -OCH3 is 1. The van der Waals surface area contributed by atoms with Gasteiger partial charge in [-0.05, 0) is 5.25 Å². The number of hydrogen-bond acceptors (Lipinski definition) is 5. The molecule has 0 saturated carbocycles. The predicted molar refractivity (Wildman–Crippen MR) is 71.2 cm³/mol. The van der Waals surface area contributed by atoms with E-state index in [1.54, 1.807) is 13.4 Å². The van der Waals surface area contributed by atoms with E-state index in [4.69, 9.17) is 4.74 Å². The van der Waals surface area contributed by atoms with Crippen LogP contribution in [-0.2, 0) is 17.8 Å². The molecule has 0 aromatic carbocycles. The summed E-state index contributed by atoms with van der Waals surface area (Å²) in [7, 11) is 1.70. The zero-order valence-corrected chi connectivity index (χ0v) is 11.7. The lowest BCUT2D eigenvalue weighted by Gasteiger charge is -2.03. The Morgan fingerprint density at radius 2 is 2.35 bits per heavy atom. The second-order valence-electron chi connectivity index (χ2n) is 4.01. The zero-order valence-electron chi connectivity index (χ0n) is 10.8. The lowest BCUT2D eigenvalue weighted by atomic mass is 10.5. The van der Waals surface area contributed by atoms with Crippen LogP contribution >= 0.6 is 11.8 Å². The highest BCUT2D eigenvalue weighted by molar-refractivity contribution is 7.99. The molecule has 0 radical (unpaired) electrons. The van der Waals surface area contributed by atoms with Crippen LogP contribution in [0.25, 0.3) is 0 Å².